The molecule has 3 heterocycles. The van der Waals surface area contributed by atoms with E-state index in [0.717, 1.165) is 42.2 Å². The van der Waals surface area contributed by atoms with Gasteiger partial charge in [-0.05, 0) is 31.4 Å². The molecule has 1 atom stereocenters. The maximum Gasteiger partial charge on any atom is 0.230 e. The Labute approximate surface area is 173 Å². The summed E-state index contributed by atoms with van der Waals surface area (Å²) in [7, 11) is 0. The molecule has 1 saturated heterocycles. The highest BCUT2D eigenvalue weighted by atomic mass is 32.2. The average molecular weight is 413 g/mol. The van der Waals surface area contributed by atoms with Crippen molar-refractivity contribution in [2.24, 2.45) is 0 Å². The third-order valence-electron chi connectivity index (χ3n) is 4.89. The van der Waals surface area contributed by atoms with Crippen LogP contribution in [0.2, 0.25) is 0 Å². The predicted molar refractivity (Wildman–Crippen MR) is 110 cm³/mol. The van der Waals surface area contributed by atoms with Gasteiger partial charge in [0.05, 0.1) is 30.2 Å². The smallest absolute Gasteiger partial charge is 0.230 e. The molecule has 3 aromatic rings. The lowest BCUT2D eigenvalue weighted by Gasteiger charge is -2.14. The zero-order chi connectivity index (χ0) is 20.1. The first-order chi connectivity index (χ1) is 14.2. The van der Waals surface area contributed by atoms with Crippen LogP contribution in [-0.2, 0) is 22.6 Å². The molecule has 0 unspecified atom stereocenters. The molecular formula is C21H24N4O3S. The fourth-order valence-electron chi connectivity index (χ4n) is 3.35. The maximum absolute atomic E-state index is 12.3. The molecule has 0 aliphatic carbocycles. The van der Waals surface area contributed by atoms with Crippen LogP contribution in [-0.4, -0.2) is 39.1 Å². The van der Waals surface area contributed by atoms with Gasteiger partial charge in [0.25, 0.3) is 0 Å². The fraction of sp³-hybridized carbons (Fsp3) is 0.381. The van der Waals surface area contributed by atoms with E-state index in [2.05, 4.69) is 15.5 Å². The van der Waals surface area contributed by atoms with E-state index in [9.17, 15) is 4.79 Å². The molecule has 7 nitrogen and oxygen atoms in total. The number of thioether (sulfide) groups is 1. The summed E-state index contributed by atoms with van der Waals surface area (Å²) in [6.07, 6.45) is 3.88. The van der Waals surface area contributed by atoms with Crippen molar-refractivity contribution in [3.63, 3.8) is 0 Å². The van der Waals surface area contributed by atoms with Crippen LogP contribution >= 0.6 is 11.8 Å². The summed E-state index contributed by atoms with van der Waals surface area (Å²) in [5, 5.41) is 12.4. The first-order valence-electron chi connectivity index (χ1n) is 9.73. The van der Waals surface area contributed by atoms with Gasteiger partial charge < -0.3 is 14.5 Å². The second kappa shape index (κ2) is 9.28. The molecule has 0 bridgehead atoms. The van der Waals surface area contributed by atoms with Crippen LogP contribution in [0.25, 0.3) is 11.4 Å². The molecule has 1 aliphatic rings. The van der Waals surface area contributed by atoms with Gasteiger partial charge in [0, 0.05) is 13.2 Å². The molecule has 1 amide bonds. The van der Waals surface area contributed by atoms with E-state index in [1.54, 1.807) is 6.26 Å². The molecule has 1 aliphatic heterocycles. The number of carbonyl (C=O) groups excluding carboxylic acids is 1. The maximum atomic E-state index is 12.3. The van der Waals surface area contributed by atoms with Gasteiger partial charge >= 0.3 is 0 Å². The van der Waals surface area contributed by atoms with Crippen molar-refractivity contribution >= 4 is 17.7 Å². The minimum absolute atomic E-state index is 0.0356. The molecule has 4 rings (SSSR count). The number of ether oxygens (including phenoxy) is 1. The lowest BCUT2D eigenvalue weighted by molar-refractivity contribution is -0.118. The van der Waals surface area contributed by atoms with Crippen molar-refractivity contribution in [1.29, 1.82) is 0 Å². The molecule has 152 valence electrons. The van der Waals surface area contributed by atoms with Crippen LogP contribution in [0, 0.1) is 6.92 Å². The Morgan fingerprint density at radius 1 is 1.28 bits per heavy atom. The molecule has 8 heteroatoms. The number of aromatic nitrogens is 3. The first kappa shape index (κ1) is 19.7. The van der Waals surface area contributed by atoms with Crippen LogP contribution in [0.15, 0.2) is 52.2 Å². The number of furan rings is 1. The first-order valence-corrected chi connectivity index (χ1v) is 10.7. The Bertz CT molecular complexity index is 948. The number of benzene rings is 1. The Kier molecular flexibility index (Phi) is 6.31. The van der Waals surface area contributed by atoms with E-state index in [-0.39, 0.29) is 17.8 Å². The summed E-state index contributed by atoms with van der Waals surface area (Å²) in [6.45, 7) is 3.88. The van der Waals surface area contributed by atoms with Crippen molar-refractivity contribution in [3.8, 4) is 11.4 Å². The van der Waals surface area contributed by atoms with E-state index in [1.807, 2.05) is 47.9 Å². The molecule has 2 aromatic heterocycles. The monoisotopic (exact) mass is 412 g/mol. The summed E-state index contributed by atoms with van der Waals surface area (Å²) in [5.74, 6) is 1.79. The summed E-state index contributed by atoms with van der Waals surface area (Å²) in [4.78, 5) is 12.3. The van der Waals surface area contributed by atoms with E-state index in [4.69, 9.17) is 9.15 Å². The highest BCUT2D eigenvalue weighted by molar-refractivity contribution is 7.99. The van der Waals surface area contributed by atoms with Gasteiger partial charge in [-0.1, -0.05) is 42.1 Å². The molecule has 0 saturated carbocycles. The van der Waals surface area contributed by atoms with E-state index < -0.39 is 0 Å². The Hall–Kier alpha value is -2.58. The van der Waals surface area contributed by atoms with Gasteiger partial charge in [-0.3, -0.25) is 9.36 Å². The average Bonchev–Trinajstić information content (AvgIpc) is 3.48. The van der Waals surface area contributed by atoms with Gasteiger partial charge in [0.15, 0.2) is 11.0 Å². The van der Waals surface area contributed by atoms with Gasteiger partial charge in [0.1, 0.15) is 5.76 Å². The lowest BCUT2D eigenvalue weighted by Crippen LogP contribution is -2.25. The Morgan fingerprint density at radius 3 is 2.86 bits per heavy atom. The minimum atomic E-state index is -0.0356. The number of carbonyl (C=O) groups is 1. The van der Waals surface area contributed by atoms with Crippen LogP contribution in [0.3, 0.4) is 0 Å². The van der Waals surface area contributed by atoms with Gasteiger partial charge in [-0.2, -0.15) is 0 Å². The molecule has 1 aromatic carbocycles. The number of nitrogens with zero attached hydrogens (tertiary/aromatic N) is 3. The fourth-order valence-corrected chi connectivity index (χ4v) is 4.12. The van der Waals surface area contributed by atoms with Crippen molar-refractivity contribution < 1.29 is 13.9 Å². The summed E-state index contributed by atoms with van der Waals surface area (Å²) in [5.41, 5.74) is 1.99. The third kappa shape index (κ3) is 4.89. The third-order valence-corrected chi connectivity index (χ3v) is 5.86. The second-order valence-corrected chi connectivity index (χ2v) is 7.94. The zero-order valence-electron chi connectivity index (χ0n) is 16.3. The summed E-state index contributed by atoms with van der Waals surface area (Å²) in [6, 6.07) is 11.8. The molecule has 1 fully saturated rings. The Balaban J connectivity index is 1.44. The zero-order valence-corrected chi connectivity index (χ0v) is 17.2. The SMILES string of the molecule is Cc1occc1-c1nnc(SCC(=O)NCc2ccccc2)n1C[C@H]1CCCO1. The van der Waals surface area contributed by atoms with Crippen LogP contribution < -0.4 is 5.32 Å². The number of amides is 1. The number of hydrogen-bond acceptors (Lipinski definition) is 6. The second-order valence-electron chi connectivity index (χ2n) is 6.99. The molecule has 0 spiro atoms. The molecule has 0 radical (unpaired) electrons. The molecule has 29 heavy (non-hydrogen) atoms. The Morgan fingerprint density at radius 2 is 2.14 bits per heavy atom. The lowest BCUT2D eigenvalue weighted by atomic mass is 10.2. The number of hydrogen-bond donors (Lipinski definition) is 1. The minimum Gasteiger partial charge on any atom is -0.469 e. The highest BCUT2D eigenvalue weighted by Gasteiger charge is 2.23. The molecular weight excluding hydrogens is 388 g/mol. The number of aryl methyl sites for hydroxylation is 1. The van der Waals surface area contributed by atoms with Crippen LogP contribution in [0.5, 0.6) is 0 Å². The van der Waals surface area contributed by atoms with Crippen LogP contribution in [0.1, 0.15) is 24.2 Å². The quantitative estimate of drug-likeness (QED) is 0.571. The van der Waals surface area contributed by atoms with Gasteiger partial charge in [-0.25, -0.2) is 0 Å². The topological polar surface area (TPSA) is 82.2 Å². The van der Waals surface area contributed by atoms with Crippen molar-refractivity contribution in [3.05, 3.63) is 54.0 Å². The largest absolute Gasteiger partial charge is 0.469 e. The van der Waals surface area contributed by atoms with Crippen molar-refractivity contribution in [2.45, 2.75) is 44.1 Å². The number of rotatable bonds is 8. The standard InChI is InChI=1S/C21H24N4O3S/c1-15-18(9-11-27-15)20-23-24-21(25(20)13-17-8-5-10-28-17)29-14-19(26)22-12-16-6-3-2-4-7-16/h2-4,6-7,9,11,17H,5,8,10,12-14H2,1H3,(H,22,26)/t17-/m1/s1. The van der Waals surface area contributed by atoms with E-state index in [1.165, 1.54) is 11.8 Å². The van der Waals surface area contributed by atoms with Crippen LogP contribution in [0.4, 0.5) is 0 Å². The summed E-state index contributed by atoms with van der Waals surface area (Å²) < 4.78 is 13.3. The van der Waals surface area contributed by atoms with E-state index in [0.29, 0.717) is 18.2 Å². The predicted octanol–water partition coefficient (Wildman–Crippen LogP) is 3.43. The van der Waals surface area contributed by atoms with Crippen molar-refractivity contribution in [2.75, 3.05) is 12.4 Å². The van der Waals surface area contributed by atoms with Gasteiger partial charge in [0.2, 0.25) is 5.91 Å². The van der Waals surface area contributed by atoms with E-state index >= 15 is 0 Å². The highest BCUT2D eigenvalue weighted by Crippen LogP contribution is 2.28. The summed E-state index contributed by atoms with van der Waals surface area (Å²) >= 11 is 1.39. The van der Waals surface area contributed by atoms with Crippen molar-refractivity contribution in [1.82, 2.24) is 20.1 Å². The molecule has 1 N–H and O–H groups in total. The normalized spacial score (nSPS) is 16.2. The number of nitrogens with one attached hydrogen (secondary N) is 1. The van der Waals surface area contributed by atoms with Gasteiger partial charge in [-0.15, -0.1) is 10.2 Å².